The van der Waals surface area contributed by atoms with Crippen molar-refractivity contribution >= 4 is 42.7 Å². The maximum absolute atomic E-state index is 12.3. The average molecular weight is 358 g/mol. The van der Waals surface area contributed by atoms with E-state index in [-0.39, 0.29) is 4.90 Å². The lowest BCUT2D eigenvalue weighted by atomic mass is 10.1. The molecule has 2 N–H and O–H groups in total. The van der Waals surface area contributed by atoms with Crippen molar-refractivity contribution in [2.24, 2.45) is 0 Å². The summed E-state index contributed by atoms with van der Waals surface area (Å²) in [6.07, 6.45) is 0. The summed E-state index contributed by atoms with van der Waals surface area (Å²) >= 11 is 3.36. The van der Waals surface area contributed by atoms with Gasteiger partial charge in [-0.25, -0.2) is 8.42 Å². The minimum atomic E-state index is -3.90. The summed E-state index contributed by atoms with van der Waals surface area (Å²) in [5.74, 6) is -1.23. The third kappa shape index (κ3) is 2.84. The van der Waals surface area contributed by atoms with Gasteiger partial charge >= 0.3 is 5.97 Å². The molecule has 0 bridgehead atoms. The molecule has 0 saturated carbocycles. The van der Waals surface area contributed by atoms with E-state index in [2.05, 4.69) is 20.7 Å². The van der Waals surface area contributed by atoms with E-state index in [1.165, 1.54) is 13.0 Å². The number of carboxylic acid groups (broad SMARTS) is 1. The number of sulfonamides is 1. The smallest absolute Gasteiger partial charge is 0.321 e. The van der Waals surface area contributed by atoms with Gasteiger partial charge in [-0.3, -0.25) is 4.79 Å². The zero-order valence-corrected chi connectivity index (χ0v) is 12.9. The molecule has 106 valence electrons. The van der Waals surface area contributed by atoms with Crippen LogP contribution in [0.1, 0.15) is 6.92 Å². The molecule has 5 nitrogen and oxygen atoms in total. The van der Waals surface area contributed by atoms with E-state index in [9.17, 15) is 13.2 Å². The highest BCUT2D eigenvalue weighted by Gasteiger charge is 2.23. The first-order valence-electron chi connectivity index (χ1n) is 5.75. The fourth-order valence-corrected chi connectivity index (χ4v) is 3.70. The van der Waals surface area contributed by atoms with Crippen LogP contribution in [0.4, 0.5) is 0 Å². The first-order valence-corrected chi connectivity index (χ1v) is 8.03. The molecule has 0 aliphatic heterocycles. The Kier molecular flexibility index (Phi) is 4.12. The van der Waals surface area contributed by atoms with Gasteiger partial charge in [0.1, 0.15) is 6.04 Å². The number of halogens is 1. The standard InChI is InChI=1S/C13H12BrNO4S/c1-8(13(16)17)15-20(18,19)12-7-6-11(14)9-4-2-3-5-10(9)12/h2-8,15H,1H3,(H,16,17)/t8-/m0/s1. The van der Waals surface area contributed by atoms with Crippen LogP contribution >= 0.6 is 15.9 Å². The third-order valence-corrected chi connectivity index (χ3v) is 5.11. The van der Waals surface area contributed by atoms with Crippen LogP contribution in [0.5, 0.6) is 0 Å². The molecule has 0 aromatic heterocycles. The minimum Gasteiger partial charge on any atom is -0.480 e. The number of fused-ring (bicyclic) bond motifs is 1. The number of carbonyl (C=O) groups is 1. The lowest BCUT2D eigenvalue weighted by Gasteiger charge is -2.12. The largest absolute Gasteiger partial charge is 0.480 e. The Balaban J connectivity index is 2.58. The van der Waals surface area contributed by atoms with Gasteiger partial charge in [0.2, 0.25) is 10.0 Å². The molecule has 0 amide bonds. The fraction of sp³-hybridized carbons (Fsp3) is 0.154. The van der Waals surface area contributed by atoms with E-state index in [1.807, 2.05) is 0 Å². The SMILES string of the molecule is C[C@H](NS(=O)(=O)c1ccc(Br)c2ccccc12)C(=O)O. The van der Waals surface area contributed by atoms with Crippen molar-refractivity contribution in [3.63, 3.8) is 0 Å². The second kappa shape index (κ2) is 5.51. The number of nitrogens with one attached hydrogen (secondary N) is 1. The van der Waals surface area contributed by atoms with Crippen LogP contribution in [0, 0.1) is 0 Å². The van der Waals surface area contributed by atoms with Gasteiger partial charge < -0.3 is 5.11 Å². The van der Waals surface area contributed by atoms with Gasteiger partial charge in [-0.1, -0.05) is 40.2 Å². The van der Waals surface area contributed by atoms with Crippen molar-refractivity contribution in [1.29, 1.82) is 0 Å². The Labute approximate surface area is 124 Å². The van der Waals surface area contributed by atoms with Crippen LogP contribution in [-0.4, -0.2) is 25.5 Å². The Morgan fingerprint density at radius 2 is 1.80 bits per heavy atom. The lowest BCUT2D eigenvalue weighted by Crippen LogP contribution is -2.38. The Hall–Kier alpha value is -1.44. The first-order chi connectivity index (χ1) is 9.33. The summed E-state index contributed by atoms with van der Waals surface area (Å²) in [7, 11) is -3.90. The number of hydrogen-bond acceptors (Lipinski definition) is 3. The number of rotatable bonds is 4. The van der Waals surface area contributed by atoms with Crippen LogP contribution in [0.3, 0.4) is 0 Å². The minimum absolute atomic E-state index is 0.0596. The molecular weight excluding hydrogens is 346 g/mol. The van der Waals surface area contributed by atoms with Gasteiger partial charge in [0.15, 0.2) is 0 Å². The number of carboxylic acids is 1. The highest BCUT2D eigenvalue weighted by atomic mass is 79.9. The molecule has 0 spiro atoms. The lowest BCUT2D eigenvalue weighted by molar-refractivity contribution is -0.138. The predicted molar refractivity (Wildman–Crippen MR) is 79.1 cm³/mol. The second-order valence-electron chi connectivity index (χ2n) is 4.27. The van der Waals surface area contributed by atoms with Gasteiger partial charge in [0, 0.05) is 9.86 Å². The maximum Gasteiger partial charge on any atom is 0.321 e. The summed E-state index contributed by atoms with van der Waals surface area (Å²) in [6, 6.07) is 8.89. The summed E-state index contributed by atoms with van der Waals surface area (Å²) in [4.78, 5) is 10.9. The van der Waals surface area contributed by atoms with Gasteiger partial charge in [-0.15, -0.1) is 0 Å². The maximum atomic E-state index is 12.3. The molecule has 0 unspecified atom stereocenters. The number of aliphatic carboxylic acids is 1. The average Bonchev–Trinajstić information content (AvgIpc) is 2.38. The molecule has 2 aromatic carbocycles. The molecule has 0 aliphatic carbocycles. The van der Waals surface area contributed by atoms with E-state index >= 15 is 0 Å². The molecule has 0 radical (unpaired) electrons. The first kappa shape index (κ1) is 15.0. The predicted octanol–water partition coefficient (Wildman–Crippen LogP) is 2.35. The molecule has 0 fully saturated rings. The van der Waals surface area contributed by atoms with Gasteiger partial charge in [0.25, 0.3) is 0 Å². The summed E-state index contributed by atoms with van der Waals surface area (Å²) in [5, 5.41) is 10.1. The molecule has 20 heavy (non-hydrogen) atoms. The van der Waals surface area contributed by atoms with Crippen molar-refractivity contribution in [1.82, 2.24) is 4.72 Å². The Morgan fingerprint density at radius 3 is 2.40 bits per heavy atom. The quantitative estimate of drug-likeness (QED) is 0.879. The second-order valence-corrected chi connectivity index (χ2v) is 6.81. The third-order valence-electron chi connectivity index (χ3n) is 2.82. The van der Waals surface area contributed by atoms with Gasteiger partial charge in [0.05, 0.1) is 4.90 Å². The zero-order chi connectivity index (χ0) is 14.9. The monoisotopic (exact) mass is 357 g/mol. The fourth-order valence-electron chi connectivity index (χ4n) is 1.82. The van der Waals surface area contributed by atoms with Crippen molar-refractivity contribution in [2.45, 2.75) is 17.9 Å². The van der Waals surface area contributed by atoms with E-state index < -0.39 is 22.0 Å². The van der Waals surface area contributed by atoms with E-state index in [1.54, 1.807) is 30.3 Å². The van der Waals surface area contributed by atoms with Crippen molar-refractivity contribution in [3.8, 4) is 0 Å². The Morgan fingerprint density at radius 1 is 1.20 bits per heavy atom. The molecule has 0 aliphatic rings. The molecule has 2 aromatic rings. The van der Waals surface area contributed by atoms with Crippen molar-refractivity contribution < 1.29 is 18.3 Å². The van der Waals surface area contributed by atoms with Gasteiger partial charge in [-0.2, -0.15) is 4.72 Å². The Bertz CT molecular complexity index is 773. The molecule has 0 heterocycles. The van der Waals surface area contributed by atoms with Crippen LogP contribution < -0.4 is 4.72 Å². The van der Waals surface area contributed by atoms with E-state index in [0.717, 1.165) is 9.86 Å². The topological polar surface area (TPSA) is 83.5 Å². The molecule has 7 heteroatoms. The normalized spacial score (nSPS) is 13.3. The molecule has 0 saturated heterocycles. The number of benzene rings is 2. The summed E-state index contributed by atoms with van der Waals surface area (Å²) < 4.78 is 27.5. The van der Waals surface area contributed by atoms with Crippen LogP contribution in [0.2, 0.25) is 0 Å². The van der Waals surface area contributed by atoms with Crippen LogP contribution in [0.25, 0.3) is 10.8 Å². The highest BCUT2D eigenvalue weighted by Crippen LogP contribution is 2.29. The summed E-state index contributed by atoms with van der Waals surface area (Å²) in [5.41, 5.74) is 0. The number of hydrogen-bond donors (Lipinski definition) is 2. The highest BCUT2D eigenvalue weighted by molar-refractivity contribution is 9.10. The molecule has 1 atom stereocenters. The zero-order valence-electron chi connectivity index (χ0n) is 10.5. The van der Waals surface area contributed by atoms with E-state index in [4.69, 9.17) is 5.11 Å². The van der Waals surface area contributed by atoms with Crippen molar-refractivity contribution in [2.75, 3.05) is 0 Å². The van der Waals surface area contributed by atoms with E-state index in [0.29, 0.717) is 5.39 Å². The summed E-state index contributed by atoms with van der Waals surface area (Å²) in [6.45, 7) is 1.28. The van der Waals surface area contributed by atoms with Crippen LogP contribution in [0.15, 0.2) is 45.8 Å². The molecule has 2 rings (SSSR count). The van der Waals surface area contributed by atoms with Crippen LogP contribution in [-0.2, 0) is 14.8 Å². The molecular formula is C13H12BrNO4S. The van der Waals surface area contributed by atoms with Gasteiger partial charge in [-0.05, 0) is 24.4 Å². The van der Waals surface area contributed by atoms with Crippen molar-refractivity contribution in [3.05, 3.63) is 40.9 Å².